The molecular weight excluding hydrogens is 445 g/mol. The number of carbonyl (C=O) groups is 1. The molecular formula is C23H20FN5O3S. The summed E-state index contributed by atoms with van der Waals surface area (Å²) in [6.07, 6.45) is 3.13. The zero-order valence-corrected chi connectivity index (χ0v) is 18.7. The van der Waals surface area contributed by atoms with Crippen molar-refractivity contribution in [3.05, 3.63) is 82.7 Å². The van der Waals surface area contributed by atoms with E-state index in [0.29, 0.717) is 16.8 Å². The number of aromatic nitrogens is 4. The molecule has 33 heavy (non-hydrogen) atoms. The first-order valence-electron chi connectivity index (χ1n) is 9.98. The van der Waals surface area contributed by atoms with Gasteiger partial charge < -0.3 is 9.84 Å². The number of nitrogens with one attached hydrogen (secondary N) is 1. The van der Waals surface area contributed by atoms with Gasteiger partial charge in [0.2, 0.25) is 5.13 Å². The molecule has 1 aromatic carbocycles. The number of rotatable bonds is 7. The Bertz CT molecular complexity index is 1290. The predicted octanol–water partition coefficient (Wildman–Crippen LogP) is 4.07. The maximum Gasteiger partial charge on any atom is 0.296 e. The molecule has 0 saturated heterocycles. The minimum atomic E-state index is -0.519. The van der Waals surface area contributed by atoms with Crippen molar-refractivity contribution in [1.29, 1.82) is 0 Å². The number of benzene rings is 1. The number of ether oxygens (including phenoxy) is 1. The highest BCUT2D eigenvalue weighted by molar-refractivity contribution is 7.17. The number of halogens is 1. The minimum Gasteiger partial charge on any atom is -0.462 e. The van der Waals surface area contributed by atoms with E-state index in [0.717, 1.165) is 22.6 Å². The normalized spacial score (nSPS) is 10.8. The Kier molecular flexibility index (Phi) is 6.66. The SMILES string of the molecule is Cc1ccc(COc2nnc(NC(=O)c3cnc(C)cc3-c3cc(CO)ccc3F)s2)nc1. The third kappa shape index (κ3) is 5.36. The van der Waals surface area contributed by atoms with Crippen LogP contribution in [0.3, 0.4) is 0 Å². The molecule has 4 aromatic rings. The van der Waals surface area contributed by atoms with Gasteiger partial charge >= 0.3 is 0 Å². The summed E-state index contributed by atoms with van der Waals surface area (Å²) in [7, 11) is 0. The van der Waals surface area contributed by atoms with Crippen LogP contribution >= 0.6 is 11.3 Å². The number of aliphatic hydroxyl groups excluding tert-OH is 1. The molecule has 0 atom stereocenters. The maximum absolute atomic E-state index is 14.6. The quantitative estimate of drug-likeness (QED) is 0.423. The van der Waals surface area contributed by atoms with E-state index in [-0.39, 0.29) is 34.7 Å². The van der Waals surface area contributed by atoms with E-state index in [1.807, 2.05) is 19.1 Å². The summed E-state index contributed by atoms with van der Waals surface area (Å²) in [4.78, 5) is 21.4. The van der Waals surface area contributed by atoms with Crippen LogP contribution in [0.5, 0.6) is 5.19 Å². The molecule has 0 saturated carbocycles. The Morgan fingerprint density at radius 3 is 2.70 bits per heavy atom. The number of pyridine rings is 2. The van der Waals surface area contributed by atoms with Gasteiger partial charge in [0.05, 0.1) is 17.9 Å². The largest absolute Gasteiger partial charge is 0.462 e. The van der Waals surface area contributed by atoms with Crippen LogP contribution in [0.4, 0.5) is 9.52 Å². The average Bonchev–Trinajstić information content (AvgIpc) is 3.26. The molecule has 8 nitrogen and oxygen atoms in total. The van der Waals surface area contributed by atoms with E-state index < -0.39 is 11.7 Å². The predicted molar refractivity (Wildman–Crippen MR) is 121 cm³/mol. The van der Waals surface area contributed by atoms with Crippen molar-refractivity contribution < 1.29 is 19.0 Å². The Labute approximate surface area is 193 Å². The molecule has 0 unspecified atom stereocenters. The lowest BCUT2D eigenvalue weighted by Crippen LogP contribution is -2.14. The fraction of sp³-hybridized carbons (Fsp3) is 0.174. The second-order valence-electron chi connectivity index (χ2n) is 7.29. The topological polar surface area (TPSA) is 110 Å². The fourth-order valence-electron chi connectivity index (χ4n) is 3.04. The zero-order valence-electron chi connectivity index (χ0n) is 17.9. The molecule has 0 spiro atoms. The van der Waals surface area contributed by atoms with Crippen molar-refractivity contribution in [1.82, 2.24) is 20.2 Å². The summed E-state index contributed by atoms with van der Waals surface area (Å²) in [5.41, 5.74) is 3.66. The van der Waals surface area contributed by atoms with Gasteiger partial charge in [0.1, 0.15) is 12.4 Å². The lowest BCUT2D eigenvalue weighted by molar-refractivity contribution is 0.102. The van der Waals surface area contributed by atoms with Gasteiger partial charge in [-0.3, -0.25) is 20.1 Å². The minimum absolute atomic E-state index is 0.163. The maximum atomic E-state index is 14.6. The summed E-state index contributed by atoms with van der Waals surface area (Å²) in [6.45, 7) is 3.67. The van der Waals surface area contributed by atoms with Crippen LogP contribution < -0.4 is 10.1 Å². The fourth-order valence-corrected chi connectivity index (χ4v) is 3.63. The van der Waals surface area contributed by atoms with Gasteiger partial charge in [-0.05, 0) is 60.6 Å². The van der Waals surface area contributed by atoms with Gasteiger partial charge in [0, 0.05) is 29.2 Å². The van der Waals surface area contributed by atoms with Crippen molar-refractivity contribution in [3.63, 3.8) is 0 Å². The van der Waals surface area contributed by atoms with E-state index in [1.165, 1.54) is 24.4 Å². The molecule has 0 radical (unpaired) electrons. The van der Waals surface area contributed by atoms with Crippen molar-refractivity contribution >= 4 is 22.4 Å². The Morgan fingerprint density at radius 1 is 1.09 bits per heavy atom. The lowest BCUT2D eigenvalue weighted by atomic mass is 9.98. The van der Waals surface area contributed by atoms with Crippen LogP contribution in [0, 0.1) is 19.7 Å². The molecule has 3 heterocycles. The average molecular weight is 466 g/mol. The molecule has 168 valence electrons. The number of hydrogen-bond donors (Lipinski definition) is 2. The standard InChI is InChI=1S/C23H20FN5O3S/c1-13-3-5-16(26-9-13)12-32-23-29-28-22(33-23)27-21(31)19-10-25-14(2)7-17(19)18-8-15(11-30)4-6-20(18)24/h3-10,30H,11-12H2,1-2H3,(H,27,28,31). The smallest absolute Gasteiger partial charge is 0.296 e. The molecule has 1 amide bonds. The van der Waals surface area contributed by atoms with E-state index >= 15 is 0 Å². The number of aryl methyl sites for hydroxylation is 2. The lowest BCUT2D eigenvalue weighted by Gasteiger charge is -2.11. The summed E-state index contributed by atoms with van der Waals surface area (Å²) < 4.78 is 20.2. The first-order chi connectivity index (χ1) is 15.9. The highest BCUT2D eigenvalue weighted by Gasteiger charge is 2.19. The number of hydrogen-bond acceptors (Lipinski definition) is 8. The van der Waals surface area contributed by atoms with E-state index in [1.54, 1.807) is 19.2 Å². The molecule has 2 N–H and O–H groups in total. The highest BCUT2D eigenvalue weighted by atomic mass is 32.1. The Balaban J connectivity index is 1.52. The van der Waals surface area contributed by atoms with Crippen LogP contribution in [-0.2, 0) is 13.2 Å². The van der Waals surface area contributed by atoms with Gasteiger partial charge in [-0.15, -0.1) is 5.10 Å². The Morgan fingerprint density at radius 2 is 1.94 bits per heavy atom. The van der Waals surface area contributed by atoms with Gasteiger partial charge in [-0.25, -0.2) is 4.39 Å². The number of amides is 1. The van der Waals surface area contributed by atoms with Crippen molar-refractivity contribution in [3.8, 4) is 16.3 Å². The monoisotopic (exact) mass is 465 g/mol. The number of aliphatic hydroxyl groups is 1. The summed E-state index contributed by atoms with van der Waals surface area (Å²) in [5, 5.41) is 20.4. The van der Waals surface area contributed by atoms with Crippen LogP contribution in [-0.4, -0.2) is 31.2 Å². The Hall–Kier alpha value is -3.76. The second kappa shape index (κ2) is 9.80. The first kappa shape index (κ1) is 22.4. The van der Waals surface area contributed by atoms with Crippen LogP contribution in [0.25, 0.3) is 11.1 Å². The van der Waals surface area contributed by atoms with Crippen LogP contribution in [0.1, 0.15) is 32.9 Å². The molecule has 0 aliphatic rings. The number of anilines is 1. The second-order valence-corrected chi connectivity index (χ2v) is 8.23. The van der Waals surface area contributed by atoms with E-state index in [4.69, 9.17) is 4.74 Å². The van der Waals surface area contributed by atoms with Crippen molar-refractivity contribution in [2.45, 2.75) is 27.1 Å². The summed E-state index contributed by atoms with van der Waals surface area (Å²) >= 11 is 1.06. The summed E-state index contributed by atoms with van der Waals surface area (Å²) in [6, 6.07) is 9.67. The third-order valence-corrected chi connectivity index (χ3v) is 5.48. The van der Waals surface area contributed by atoms with Gasteiger partial charge in [0.25, 0.3) is 11.1 Å². The molecule has 3 aromatic heterocycles. The molecule has 4 rings (SSSR count). The van der Waals surface area contributed by atoms with Gasteiger partial charge in [-0.2, -0.15) is 0 Å². The summed E-state index contributed by atoms with van der Waals surface area (Å²) in [5.74, 6) is -1.03. The number of carbonyl (C=O) groups excluding carboxylic acids is 1. The first-order valence-corrected chi connectivity index (χ1v) is 10.8. The molecule has 0 aliphatic carbocycles. The highest BCUT2D eigenvalue weighted by Crippen LogP contribution is 2.29. The van der Waals surface area contributed by atoms with Crippen LogP contribution in [0.15, 0.2) is 48.8 Å². The third-order valence-electron chi connectivity index (χ3n) is 4.73. The molecule has 0 aliphatic heterocycles. The molecule has 10 heteroatoms. The number of nitrogens with zero attached hydrogens (tertiary/aromatic N) is 4. The zero-order chi connectivity index (χ0) is 23.4. The van der Waals surface area contributed by atoms with Crippen molar-refractivity contribution in [2.24, 2.45) is 0 Å². The molecule has 0 fully saturated rings. The van der Waals surface area contributed by atoms with Gasteiger partial charge in [0.15, 0.2) is 0 Å². The van der Waals surface area contributed by atoms with Gasteiger partial charge in [-0.1, -0.05) is 17.2 Å². The van der Waals surface area contributed by atoms with Crippen LogP contribution in [0.2, 0.25) is 0 Å². The van der Waals surface area contributed by atoms with E-state index in [9.17, 15) is 14.3 Å². The van der Waals surface area contributed by atoms with Crippen molar-refractivity contribution in [2.75, 3.05) is 5.32 Å². The van der Waals surface area contributed by atoms with E-state index in [2.05, 4.69) is 25.5 Å². The molecule has 0 bridgehead atoms.